The van der Waals surface area contributed by atoms with Crippen LogP contribution >= 0.6 is 24.0 Å². The number of aliphatic imine (C=N–C) groups is 1. The van der Waals surface area contributed by atoms with E-state index in [1.54, 1.807) is 0 Å². The highest BCUT2D eigenvalue weighted by atomic mass is 127. The summed E-state index contributed by atoms with van der Waals surface area (Å²) in [6.45, 7) is 5.82. The summed E-state index contributed by atoms with van der Waals surface area (Å²) in [4.78, 5) is 4.24. The van der Waals surface area contributed by atoms with E-state index in [0.717, 1.165) is 39.1 Å². The fraction of sp³-hybridized carbons (Fsp3) is 0.933. The number of guanidine groups is 1. The van der Waals surface area contributed by atoms with Gasteiger partial charge in [0.05, 0.1) is 6.42 Å². The largest absolute Gasteiger partial charge is 0.390 e. The Morgan fingerprint density at radius 3 is 2.58 bits per heavy atom. The highest BCUT2D eigenvalue weighted by molar-refractivity contribution is 14.0. The summed E-state index contributed by atoms with van der Waals surface area (Å²) in [6.07, 6.45) is -2.18. The molecule has 0 aromatic carbocycles. The van der Waals surface area contributed by atoms with Crippen LogP contribution < -0.4 is 10.6 Å². The average Bonchev–Trinajstić information content (AvgIpc) is 2.50. The van der Waals surface area contributed by atoms with Crippen LogP contribution in [0.25, 0.3) is 0 Å². The minimum absolute atomic E-state index is 0. The van der Waals surface area contributed by atoms with E-state index in [4.69, 9.17) is 9.47 Å². The number of hydrogen-bond acceptors (Lipinski definition) is 3. The Labute approximate surface area is 159 Å². The number of hydrogen-bond donors (Lipinski definition) is 2. The maximum absolute atomic E-state index is 12.1. The van der Waals surface area contributed by atoms with Gasteiger partial charge in [0.2, 0.25) is 0 Å². The van der Waals surface area contributed by atoms with E-state index < -0.39 is 12.6 Å². The normalized spacial score (nSPS) is 16.6. The molecule has 1 heterocycles. The van der Waals surface area contributed by atoms with Crippen LogP contribution in [0.1, 0.15) is 32.6 Å². The van der Waals surface area contributed by atoms with Crippen molar-refractivity contribution >= 4 is 29.9 Å². The van der Waals surface area contributed by atoms with Gasteiger partial charge in [-0.25, -0.2) is 0 Å². The van der Waals surface area contributed by atoms with Crippen LogP contribution in [0.4, 0.5) is 13.2 Å². The fourth-order valence-electron chi connectivity index (χ4n) is 2.18. The van der Waals surface area contributed by atoms with Crippen molar-refractivity contribution in [2.24, 2.45) is 10.9 Å². The van der Waals surface area contributed by atoms with Crippen LogP contribution in [-0.2, 0) is 9.47 Å². The summed E-state index contributed by atoms with van der Waals surface area (Å²) in [5.74, 6) is 0.995. The molecule has 0 bridgehead atoms. The Morgan fingerprint density at radius 1 is 1.25 bits per heavy atom. The number of rotatable bonds is 9. The highest BCUT2D eigenvalue weighted by Gasteiger charge is 2.26. The molecule has 0 spiro atoms. The molecule has 0 radical (unpaired) electrons. The van der Waals surface area contributed by atoms with Crippen molar-refractivity contribution in [3.63, 3.8) is 0 Å². The molecular formula is C15H29F3IN3O2. The average molecular weight is 467 g/mol. The molecule has 144 valence electrons. The molecule has 9 heteroatoms. The Bertz CT molecular complexity index is 338. The number of alkyl halides is 3. The van der Waals surface area contributed by atoms with Gasteiger partial charge in [-0.05, 0) is 32.1 Å². The van der Waals surface area contributed by atoms with Gasteiger partial charge in [0.15, 0.2) is 5.96 Å². The number of nitrogens with one attached hydrogen (secondary N) is 2. The molecule has 1 rings (SSSR count). The lowest BCUT2D eigenvalue weighted by Crippen LogP contribution is -2.39. The Balaban J connectivity index is 0.00000529. The second-order valence-corrected chi connectivity index (χ2v) is 5.54. The van der Waals surface area contributed by atoms with Crippen molar-refractivity contribution in [3.8, 4) is 0 Å². The molecule has 24 heavy (non-hydrogen) atoms. The lowest BCUT2D eigenvalue weighted by Gasteiger charge is -2.21. The van der Waals surface area contributed by atoms with E-state index in [9.17, 15) is 13.2 Å². The van der Waals surface area contributed by atoms with Crippen molar-refractivity contribution in [1.29, 1.82) is 0 Å². The standard InChI is InChI=1S/C15H28F3N3O2.HI/c1-2-19-14(21-8-6-15(16,17)18)20-7-3-9-23-12-13-4-10-22-11-5-13;/h13H,2-12H2,1H3,(H2,19,20,21);1H. The smallest absolute Gasteiger partial charge is 0.381 e. The molecule has 0 aromatic rings. The summed E-state index contributed by atoms with van der Waals surface area (Å²) < 4.78 is 47.3. The fourth-order valence-corrected chi connectivity index (χ4v) is 2.18. The zero-order chi connectivity index (χ0) is 17.0. The highest BCUT2D eigenvalue weighted by Crippen LogP contribution is 2.18. The van der Waals surface area contributed by atoms with Gasteiger partial charge >= 0.3 is 6.18 Å². The molecule has 0 unspecified atom stereocenters. The number of halogens is 4. The van der Waals surface area contributed by atoms with E-state index in [1.165, 1.54) is 0 Å². The lowest BCUT2D eigenvalue weighted by atomic mass is 10.0. The van der Waals surface area contributed by atoms with E-state index in [2.05, 4.69) is 15.6 Å². The molecule has 1 aliphatic heterocycles. The predicted molar refractivity (Wildman–Crippen MR) is 99.0 cm³/mol. The van der Waals surface area contributed by atoms with Crippen molar-refractivity contribution in [2.75, 3.05) is 46.1 Å². The third kappa shape index (κ3) is 13.1. The van der Waals surface area contributed by atoms with E-state index in [-0.39, 0.29) is 30.5 Å². The summed E-state index contributed by atoms with van der Waals surface area (Å²) in [5, 5.41) is 5.61. The van der Waals surface area contributed by atoms with E-state index >= 15 is 0 Å². The van der Waals surface area contributed by atoms with E-state index in [1.807, 2.05) is 6.92 Å². The molecular weight excluding hydrogens is 438 g/mol. The zero-order valence-corrected chi connectivity index (χ0v) is 16.5. The maximum atomic E-state index is 12.1. The minimum atomic E-state index is -4.15. The van der Waals surface area contributed by atoms with Crippen LogP contribution in [0.15, 0.2) is 4.99 Å². The van der Waals surface area contributed by atoms with E-state index in [0.29, 0.717) is 31.6 Å². The van der Waals surface area contributed by atoms with Crippen molar-refractivity contribution < 1.29 is 22.6 Å². The topological polar surface area (TPSA) is 54.9 Å². The van der Waals surface area contributed by atoms with Crippen molar-refractivity contribution in [1.82, 2.24) is 10.6 Å². The number of nitrogens with zero attached hydrogens (tertiary/aromatic N) is 1. The van der Waals surface area contributed by atoms with Gasteiger partial charge in [0.25, 0.3) is 0 Å². The van der Waals surface area contributed by atoms with Crippen LogP contribution in [-0.4, -0.2) is 58.2 Å². The molecule has 0 amide bonds. The van der Waals surface area contributed by atoms with Crippen molar-refractivity contribution in [3.05, 3.63) is 0 Å². The van der Waals surface area contributed by atoms with Crippen LogP contribution in [0.2, 0.25) is 0 Å². The minimum Gasteiger partial charge on any atom is -0.381 e. The number of ether oxygens (including phenoxy) is 2. The third-order valence-corrected chi connectivity index (χ3v) is 3.46. The molecule has 1 saturated heterocycles. The van der Waals surface area contributed by atoms with Gasteiger partial charge in [-0.3, -0.25) is 4.99 Å². The SMILES string of the molecule is CCNC(=NCCCOCC1CCOCC1)NCCC(F)(F)F.I. The van der Waals surface area contributed by atoms with Gasteiger partial charge in [0, 0.05) is 46.1 Å². The summed E-state index contributed by atoms with van der Waals surface area (Å²) in [5.41, 5.74) is 0. The predicted octanol–water partition coefficient (Wildman–Crippen LogP) is 2.95. The Hall–Kier alpha value is -0.290. The van der Waals surface area contributed by atoms with Crippen LogP contribution in [0.5, 0.6) is 0 Å². The third-order valence-electron chi connectivity index (χ3n) is 3.46. The first-order chi connectivity index (χ1) is 11.0. The zero-order valence-electron chi connectivity index (χ0n) is 14.2. The molecule has 1 aliphatic rings. The van der Waals surface area contributed by atoms with Crippen LogP contribution in [0.3, 0.4) is 0 Å². The second-order valence-electron chi connectivity index (χ2n) is 5.54. The first-order valence-corrected chi connectivity index (χ1v) is 8.25. The van der Waals surface area contributed by atoms with Gasteiger partial charge in [-0.15, -0.1) is 24.0 Å². The molecule has 0 aromatic heterocycles. The van der Waals surface area contributed by atoms with Gasteiger partial charge in [-0.2, -0.15) is 13.2 Å². The van der Waals surface area contributed by atoms with Gasteiger partial charge in [0.1, 0.15) is 0 Å². The molecule has 0 atom stereocenters. The van der Waals surface area contributed by atoms with Gasteiger partial charge in [-0.1, -0.05) is 0 Å². The van der Waals surface area contributed by atoms with Crippen molar-refractivity contribution in [2.45, 2.75) is 38.8 Å². The summed E-state index contributed by atoms with van der Waals surface area (Å²) >= 11 is 0. The molecule has 5 nitrogen and oxygen atoms in total. The first kappa shape index (κ1) is 23.7. The molecule has 0 saturated carbocycles. The molecule has 0 aliphatic carbocycles. The van der Waals surface area contributed by atoms with Gasteiger partial charge < -0.3 is 20.1 Å². The maximum Gasteiger partial charge on any atom is 0.390 e. The monoisotopic (exact) mass is 467 g/mol. The Kier molecular flexibility index (Phi) is 13.8. The first-order valence-electron chi connectivity index (χ1n) is 8.25. The lowest BCUT2D eigenvalue weighted by molar-refractivity contribution is -0.132. The molecule has 2 N–H and O–H groups in total. The second kappa shape index (κ2) is 13.9. The Morgan fingerprint density at radius 2 is 1.96 bits per heavy atom. The van der Waals surface area contributed by atoms with Crippen LogP contribution in [0, 0.1) is 5.92 Å². The quantitative estimate of drug-likeness (QED) is 0.237. The molecule has 1 fully saturated rings. The summed E-state index contributed by atoms with van der Waals surface area (Å²) in [6, 6.07) is 0. The summed E-state index contributed by atoms with van der Waals surface area (Å²) in [7, 11) is 0.